The zero-order valence-corrected chi connectivity index (χ0v) is 10.4. The molecule has 1 rings (SSSR count). The molecule has 112 valence electrons. The summed E-state index contributed by atoms with van der Waals surface area (Å²) in [7, 11) is 0. The third-order valence-corrected chi connectivity index (χ3v) is 2.12. The van der Waals surface area contributed by atoms with E-state index in [0.29, 0.717) is 0 Å². The van der Waals surface area contributed by atoms with Crippen LogP contribution < -0.4 is 5.32 Å². The van der Waals surface area contributed by atoms with Gasteiger partial charge in [0.05, 0.1) is 10.5 Å². The van der Waals surface area contributed by atoms with Gasteiger partial charge in [-0.25, -0.2) is 9.59 Å². The first-order valence-electron chi connectivity index (χ1n) is 5.41. The number of nitro groups is 1. The van der Waals surface area contributed by atoms with Crippen molar-refractivity contribution in [2.45, 2.75) is 0 Å². The number of carboxylic acids is 2. The Kier molecular flexibility index (Phi) is 5.31. The van der Waals surface area contributed by atoms with Gasteiger partial charge in [0, 0.05) is 17.8 Å². The molecule has 0 bridgehead atoms. The fourth-order valence-corrected chi connectivity index (χ4v) is 1.34. The lowest BCUT2D eigenvalue weighted by Gasteiger charge is -2.06. The van der Waals surface area contributed by atoms with Crippen LogP contribution in [-0.4, -0.2) is 46.2 Å². The number of aliphatic carboxylic acids is 1. The normalized spacial score (nSPS) is 9.90. The van der Waals surface area contributed by atoms with Gasteiger partial charge >= 0.3 is 11.9 Å². The molecular formula is C11H10N2O8. The quantitative estimate of drug-likeness (QED) is 0.480. The Morgan fingerprint density at radius 3 is 2.38 bits per heavy atom. The van der Waals surface area contributed by atoms with E-state index >= 15 is 0 Å². The fourth-order valence-electron chi connectivity index (χ4n) is 1.34. The molecule has 0 fully saturated rings. The lowest BCUT2D eigenvalue weighted by Crippen LogP contribution is -2.21. The number of nitrogens with zero attached hydrogens (tertiary/aromatic N) is 1. The Morgan fingerprint density at radius 2 is 1.86 bits per heavy atom. The Bertz CT molecular complexity index is 566. The van der Waals surface area contributed by atoms with Gasteiger partial charge in [0.2, 0.25) is 5.91 Å². The van der Waals surface area contributed by atoms with Crippen molar-refractivity contribution in [2.75, 3.05) is 18.5 Å². The van der Waals surface area contributed by atoms with Crippen molar-refractivity contribution in [3.63, 3.8) is 0 Å². The standard InChI is InChI=1S/C11H10N2O8/c14-9(4-21-5-10(15)16)12-7-1-6(11(17)18)2-8(3-7)13(19)20/h1-3H,4-5H2,(H,12,14)(H,15,16)(H,17,18). The van der Waals surface area contributed by atoms with Crippen LogP contribution >= 0.6 is 0 Å². The number of carbonyl (C=O) groups is 3. The smallest absolute Gasteiger partial charge is 0.336 e. The lowest BCUT2D eigenvalue weighted by atomic mass is 10.1. The van der Waals surface area contributed by atoms with E-state index < -0.39 is 41.7 Å². The van der Waals surface area contributed by atoms with Crippen molar-refractivity contribution < 1.29 is 34.3 Å². The monoisotopic (exact) mass is 298 g/mol. The van der Waals surface area contributed by atoms with Gasteiger partial charge < -0.3 is 20.3 Å². The maximum atomic E-state index is 11.4. The number of hydrogen-bond donors (Lipinski definition) is 3. The second kappa shape index (κ2) is 6.96. The SMILES string of the molecule is O=C(O)COCC(=O)Nc1cc(C(=O)O)cc([N+](=O)[O-])c1. The van der Waals surface area contributed by atoms with E-state index in [1.807, 2.05) is 0 Å². The first kappa shape index (κ1) is 16.0. The van der Waals surface area contributed by atoms with Crippen LogP contribution in [0.1, 0.15) is 10.4 Å². The van der Waals surface area contributed by atoms with E-state index in [0.717, 1.165) is 18.2 Å². The Morgan fingerprint density at radius 1 is 1.19 bits per heavy atom. The first-order chi connectivity index (χ1) is 9.79. The topological polar surface area (TPSA) is 156 Å². The molecule has 0 aromatic heterocycles. The Labute approximate surface area is 117 Å². The average Bonchev–Trinajstić information content (AvgIpc) is 2.37. The first-order valence-corrected chi connectivity index (χ1v) is 5.41. The molecule has 10 heteroatoms. The maximum Gasteiger partial charge on any atom is 0.336 e. The van der Waals surface area contributed by atoms with Crippen molar-refractivity contribution in [2.24, 2.45) is 0 Å². The molecule has 21 heavy (non-hydrogen) atoms. The average molecular weight is 298 g/mol. The van der Waals surface area contributed by atoms with Gasteiger partial charge in [0.15, 0.2) is 0 Å². The van der Waals surface area contributed by atoms with E-state index in [9.17, 15) is 24.5 Å². The number of aromatic carboxylic acids is 1. The van der Waals surface area contributed by atoms with Gasteiger partial charge in [-0.2, -0.15) is 0 Å². The fraction of sp³-hybridized carbons (Fsp3) is 0.182. The molecule has 0 aliphatic carbocycles. The molecule has 1 aromatic rings. The number of carboxylic acid groups (broad SMARTS) is 2. The van der Waals surface area contributed by atoms with Gasteiger partial charge in [-0.3, -0.25) is 14.9 Å². The largest absolute Gasteiger partial charge is 0.480 e. The molecule has 0 aliphatic heterocycles. The molecule has 1 aromatic carbocycles. The number of rotatable bonds is 7. The highest BCUT2D eigenvalue weighted by atomic mass is 16.6. The van der Waals surface area contributed by atoms with Crippen LogP contribution in [0.25, 0.3) is 0 Å². The van der Waals surface area contributed by atoms with E-state index in [1.165, 1.54) is 0 Å². The highest BCUT2D eigenvalue weighted by Crippen LogP contribution is 2.21. The van der Waals surface area contributed by atoms with Gasteiger partial charge in [-0.1, -0.05) is 0 Å². The zero-order valence-electron chi connectivity index (χ0n) is 10.4. The minimum absolute atomic E-state index is 0.106. The minimum atomic E-state index is -1.39. The summed E-state index contributed by atoms with van der Waals surface area (Å²) >= 11 is 0. The molecule has 3 N–H and O–H groups in total. The molecule has 0 saturated carbocycles. The number of amides is 1. The molecule has 0 radical (unpaired) electrons. The van der Waals surface area contributed by atoms with E-state index in [2.05, 4.69) is 10.1 Å². The van der Waals surface area contributed by atoms with Crippen LogP contribution in [0.3, 0.4) is 0 Å². The molecule has 1 amide bonds. The zero-order chi connectivity index (χ0) is 16.0. The Hall–Kier alpha value is -3.01. The predicted octanol–water partition coefficient (Wildman–Crippen LogP) is 0.333. The number of non-ortho nitro benzene ring substituents is 1. The molecule has 0 saturated heterocycles. The van der Waals surface area contributed by atoms with Crippen molar-refractivity contribution in [3.05, 3.63) is 33.9 Å². The second-order valence-corrected chi connectivity index (χ2v) is 3.77. The number of ether oxygens (including phenoxy) is 1. The van der Waals surface area contributed by atoms with Crippen LogP contribution in [0.5, 0.6) is 0 Å². The molecular weight excluding hydrogens is 288 g/mol. The molecule has 0 aliphatic rings. The highest BCUT2D eigenvalue weighted by Gasteiger charge is 2.15. The molecule has 0 spiro atoms. The van der Waals surface area contributed by atoms with E-state index in [4.69, 9.17) is 10.2 Å². The van der Waals surface area contributed by atoms with Crippen LogP contribution in [-0.2, 0) is 14.3 Å². The number of benzene rings is 1. The minimum Gasteiger partial charge on any atom is -0.480 e. The van der Waals surface area contributed by atoms with E-state index in [1.54, 1.807) is 0 Å². The summed E-state index contributed by atoms with van der Waals surface area (Å²) in [6.45, 7) is -1.26. The summed E-state index contributed by atoms with van der Waals surface area (Å²) in [5, 5.41) is 30.0. The van der Waals surface area contributed by atoms with Gasteiger partial charge in [-0.05, 0) is 6.07 Å². The van der Waals surface area contributed by atoms with Gasteiger partial charge in [-0.15, -0.1) is 0 Å². The summed E-state index contributed by atoms with van der Waals surface area (Å²) in [6, 6.07) is 2.85. The second-order valence-electron chi connectivity index (χ2n) is 3.77. The summed E-state index contributed by atoms with van der Waals surface area (Å²) in [4.78, 5) is 42.3. The predicted molar refractivity (Wildman–Crippen MR) is 67.1 cm³/mol. The molecule has 0 atom stereocenters. The lowest BCUT2D eigenvalue weighted by molar-refractivity contribution is -0.384. The summed E-state index contributed by atoms with van der Waals surface area (Å²) in [5.74, 6) is -3.42. The van der Waals surface area contributed by atoms with Gasteiger partial charge in [0.1, 0.15) is 13.2 Å². The van der Waals surface area contributed by atoms with Crippen LogP contribution in [0, 0.1) is 10.1 Å². The molecule has 0 unspecified atom stereocenters. The van der Waals surface area contributed by atoms with Crippen LogP contribution in [0.15, 0.2) is 18.2 Å². The van der Waals surface area contributed by atoms with Crippen molar-refractivity contribution >= 4 is 29.2 Å². The summed E-state index contributed by atoms with van der Waals surface area (Å²) in [6.07, 6.45) is 0. The van der Waals surface area contributed by atoms with Crippen LogP contribution in [0.2, 0.25) is 0 Å². The third-order valence-electron chi connectivity index (χ3n) is 2.12. The van der Waals surface area contributed by atoms with E-state index in [-0.39, 0.29) is 11.3 Å². The van der Waals surface area contributed by atoms with Crippen molar-refractivity contribution in [3.8, 4) is 0 Å². The number of anilines is 1. The van der Waals surface area contributed by atoms with Gasteiger partial charge in [0.25, 0.3) is 5.69 Å². The number of hydrogen-bond acceptors (Lipinski definition) is 6. The Balaban J connectivity index is 2.82. The summed E-state index contributed by atoms with van der Waals surface area (Å²) < 4.78 is 4.52. The molecule has 10 nitrogen and oxygen atoms in total. The van der Waals surface area contributed by atoms with Crippen molar-refractivity contribution in [1.29, 1.82) is 0 Å². The third kappa shape index (κ3) is 5.24. The van der Waals surface area contributed by atoms with Crippen LogP contribution in [0.4, 0.5) is 11.4 Å². The molecule has 0 heterocycles. The maximum absolute atomic E-state index is 11.4. The summed E-state index contributed by atoms with van der Waals surface area (Å²) in [5.41, 5.74) is -0.979. The number of nitrogens with one attached hydrogen (secondary N) is 1. The number of nitro benzene ring substituents is 1. The highest BCUT2D eigenvalue weighted by molar-refractivity contribution is 5.95. The van der Waals surface area contributed by atoms with Crippen molar-refractivity contribution in [1.82, 2.24) is 0 Å². The number of carbonyl (C=O) groups excluding carboxylic acids is 1.